The normalized spacial score (nSPS) is 18.7. The molecule has 0 spiro atoms. The van der Waals surface area contributed by atoms with Gasteiger partial charge in [-0.2, -0.15) is 4.31 Å². The third-order valence-electron chi connectivity index (χ3n) is 5.03. The zero-order chi connectivity index (χ0) is 19.4. The van der Waals surface area contributed by atoms with Crippen LogP contribution in [0.3, 0.4) is 0 Å². The van der Waals surface area contributed by atoms with E-state index in [1.807, 2.05) is 0 Å². The molecular formula is C19H25N3O4S. The molecule has 1 aromatic carbocycles. The number of carbonyl (C=O) groups excluding carboxylic acids is 2. The Labute approximate surface area is 159 Å². The van der Waals surface area contributed by atoms with Gasteiger partial charge in [0, 0.05) is 31.2 Å². The van der Waals surface area contributed by atoms with Crippen LogP contribution in [0.4, 0.5) is 5.69 Å². The van der Waals surface area contributed by atoms with E-state index in [2.05, 4.69) is 17.2 Å². The number of nitrogens with one attached hydrogen (secondary N) is 2. The number of carbonyl (C=O) groups is 2. The van der Waals surface area contributed by atoms with Crippen molar-refractivity contribution in [2.24, 2.45) is 11.8 Å². The summed E-state index contributed by atoms with van der Waals surface area (Å²) in [5.41, 5.74) is 0.505. The molecule has 0 atom stereocenters. The maximum absolute atomic E-state index is 12.8. The summed E-state index contributed by atoms with van der Waals surface area (Å²) in [6.45, 7) is 4.78. The third kappa shape index (κ3) is 4.95. The Balaban J connectivity index is 1.56. The minimum atomic E-state index is -3.61. The van der Waals surface area contributed by atoms with Crippen LogP contribution < -0.4 is 10.6 Å². The van der Waals surface area contributed by atoms with Crippen molar-refractivity contribution < 1.29 is 18.0 Å². The Morgan fingerprint density at radius 1 is 1.11 bits per heavy atom. The SMILES string of the molecule is C=CC(=O)Nc1ccc(S(=O)(=O)N2CCC(C(=O)NCC3CC3)CC2)cc1. The summed E-state index contributed by atoms with van der Waals surface area (Å²) in [7, 11) is -3.61. The van der Waals surface area contributed by atoms with Gasteiger partial charge in [-0.05, 0) is 61.9 Å². The summed E-state index contributed by atoms with van der Waals surface area (Å²) in [5.74, 6) is 0.203. The van der Waals surface area contributed by atoms with Crippen molar-refractivity contribution in [3.63, 3.8) is 0 Å². The highest BCUT2D eigenvalue weighted by Crippen LogP contribution is 2.28. The minimum absolute atomic E-state index is 0.0428. The van der Waals surface area contributed by atoms with Crippen LogP contribution in [-0.2, 0) is 19.6 Å². The van der Waals surface area contributed by atoms with Gasteiger partial charge in [-0.15, -0.1) is 0 Å². The molecule has 1 aromatic rings. The Morgan fingerprint density at radius 3 is 2.30 bits per heavy atom. The molecule has 2 amide bonds. The van der Waals surface area contributed by atoms with E-state index < -0.39 is 10.0 Å². The van der Waals surface area contributed by atoms with Gasteiger partial charge in [-0.3, -0.25) is 9.59 Å². The lowest BCUT2D eigenvalue weighted by atomic mass is 9.97. The Kier molecular flexibility index (Phi) is 5.96. The largest absolute Gasteiger partial charge is 0.356 e. The van der Waals surface area contributed by atoms with E-state index in [-0.39, 0.29) is 22.6 Å². The van der Waals surface area contributed by atoms with E-state index in [4.69, 9.17) is 0 Å². The molecule has 146 valence electrons. The molecule has 8 heteroatoms. The fourth-order valence-electron chi connectivity index (χ4n) is 3.12. The van der Waals surface area contributed by atoms with Gasteiger partial charge in [0.1, 0.15) is 0 Å². The third-order valence-corrected chi connectivity index (χ3v) is 6.94. The first-order valence-corrected chi connectivity index (χ1v) is 10.7. The lowest BCUT2D eigenvalue weighted by molar-refractivity contribution is -0.126. The maximum Gasteiger partial charge on any atom is 0.247 e. The number of hydrogen-bond acceptors (Lipinski definition) is 4. The topological polar surface area (TPSA) is 95.6 Å². The lowest BCUT2D eigenvalue weighted by Crippen LogP contribution is -2.43. The molecule has 1 saturated carbocycles. The molecule has 0 radical (unpaired) electrons. The number of anilines is 1. The molecule has 2 N–H and O–H groups in total. The average Bonchev–Trinajstić information content (AvgIpc) is 3.51. The molecule has 27 heavy (non-hydrogen) atoms. The molecule has 1 saturated heterocycles. The molecule has 1 aliphatic carbocycles. The molecular weight excluding hydrogens is 366 g/mol. The summed E-state index contributed by atoms with van der Waals surface area (Å²) in [4.78, 5) is 23.7. The summed E-state index contributed by atoms with van der Waals surface area (Å²) < 4.78 is 27.0. The molecule has 2 aliphatic rings. The van der Waals surface area contributed by atoms with E-state index in [1.54, 1.807) is 12.1 Å². The predicted molar refractivity (Wildman–Crippen MR) is 102 cm³/mol. The predicted octanol–water partition coefficient (Wildman–Crippen LogP) is 1.74. The first kappa shape index (κ1) is 19.6. The van der Waals surface area contributed by atoms with Gasteiger partial charge < -0.3 is 10.6 Å². The molecule has 1 heterocycles. The van der Waals surface area contributed by atoms with Crippen LogP contribution in [-0.4, -0.2) is 44.2 Å². The van der Waals surface area contributed by atoms with Crippen molar-refractivity contribution in [3.8, 4) is 0 Å². The zero-order valence-corrected chi connectivity index (χ0v) is 16.0. The van der Waals surface area contributed by atoms with Crippen LogP contribution in [0.1, 0.15) is 25.7 Å². The zero-order valence-electron chi connectivity index (χ0n) is 15.2. The van der Waals surface area contributed by atoms with Gasteiger partial charge in [0.2, 0.25) is 21.8 Å². The summed E-state index contributed by atoms with van der Waals surface area (Å²) in [6.07, 6.45) is 4.59. The minimum Gasteiger partial charge on any atom is -0.356 e. The first-order chi connectivity index (χ1) is 12.9. The van der Waals surface area contributed by atoms with Crippen LogP contribution >= 0.6 is 0 Å². The number of amides is 2. The van der Waals surface area contributed by atoms with Crippen LogP contribution in [0.2, 0.25) is 0 Å². The monoisotopic (exact) mass is 391 g/mol. The fraction of sp³-hybridized carbons (Fsp3) is 0.474. The molecule has 2 fully saturated rings. The van der Waals surface area contributed by atoms with Gasteiger partial charge in [0.25, 0.3) is 0 Å². The van der Waals surface area contributed by atoms with Crippen molar-refractivity contribution in [2.75, 3.05) is 25.0 Å². The maximum atomic E-state index is 12.8. The Morgan fingerprint density at radius 2 is 1.74 bits per heavy atom. The molecule has 0 aromatic heterocycles. The summed E-state index contributed by atoms with van der Waals surface area (Å²) in [5, 5.41) is 5.56. The molecule has 0 bridgehead atoms. The van der Waals surface area contributed by atoms with Crippen molar-refractivity contribution in [1.82, 2.24) is 9.62 Å². The second-order valence-corrected chi connectivity index (χ2v) is 9.02. The Hall–Kier alpha value is -2.19. The number of sulfonamides is 1. The average molecular weight is 391 g/mol. The smallest absolute Gasteiger partial charge is 0.247 e. The highest BCUT2D eigenvalue weighted by atomic mass is 32.2. The summed E-state index contributed by atoms with van der Waals surface area (Å²) >= 11 is 0. The van der Waals surface area contributed by atoms with Gasteiger partial charge in [0.15, 0.2) is 0 Å². The Bertz CT molecular complexity index is 808. The quantitative estimate of drug-likeness (QED) is 0.692. The van der Waals surface area contributed by atoms with E-state index >= 15 is 0 Å². The summed E-state index contributed by atoms with van der Waals surface area (Å²) in [6, 6.07) is 6.05. The van der Waals surface area contributed by atoms with E-state index in [1.165, 1.54) is 29.3 Å². The second kappa shape index (κ2) is 8.22. The van der Waals surface area contributed by atoms with Crippen molar-refractivity contribution in [3.05, 3.63) is 36.9 Å². The molecule has 3 rings (SSSR count). The van der Waals surface area contributed by atoms with Gasteiger partial charge in [-0.1, -0.05) is 6.58 Å². The van der Waals surface area contributed by atoms with Crippen LogP contribution in [0.15, 0.2) is 41.8 Å². The number of hydrogen-bond donors (Lipinski definition) is 2. The molecule has 0 unspecified atom stereocenters. The van der Waals surface area contributed by atoms with Gasteiger partial charge in [-0.25, -0.2) is 8.42 Å². The van der Waals surface area contributed by atoms with Crippen molar-refractivity contribution in [1.29, 1.82) is 0 Å². The van der Waals surface area contributed by atoms with Crippen molar-refractivity contribution >= 4 is 27.5 Å². The van der Waals surface area contributed by atoms with Gasteiger partial charge >= 0.3 is 0 Å². The van der Waals surface area contributed by atoms with E-state index in [9.17, 15) is 18.0 Å². The molecule has 7 nitrogen and oxygen atoms in total. The first-order valence-electron chi connectivity index (χ1n) is 9.21. The fourth-order valence-corrected chi connectivity index (χ4v) is 4.59. The number of benzene rings is 1. The van der Waals surface area contributed by atoms with Crippen LogP contribution in [0.5, 0.6) is 0 Å². The van der Waals surface area contributed by atoms with Gasteiger partial charge in [0.05, 0.1) is 4.90 Å². The number of nitrogens with zero attached hydrogens (tertiary/aromatic N) is 1. The van der Waals surface area contributed by atoms with Crippen molar-refractivity contribution in [2.45, 2.75) is 30.6 Å². The highest BCUT2D eigenvalue weighted by molar-refractivity contribution is 7.89. The van der Waals surface area contributed by atoms with E-state index in [0.717, 1.165) is 12.6 Å². The van der Waals surface area contributed by atoms with E-state index in [0.29, 0.717) is 37.5 Å². The number of rotatable bonds is 7. The second-order valence-electron chi connectivity index (χ2n) is 7.08. The van der Waals surface area contributed by atoms with Crippen LogP contribution in [0.25, 0.3) is 0 Å². The van der Waals surface area contributed by atoms with Crippen LogP contribution in [0, 0.1) is 11.8 Å². The number of piperidine rings is 1. The lowest BCUT2D eigenvalue weighted by Gasteiger charge is -2.30. The highest BCUT2D eigenvalue weighted by Gasteiger charge is 2.32. The standard InChI is InChI=1S/C19H25N3O4S/c1-2-18(23)21-16-5-7-17(8-6-16)27(25,26)22-11-9-15(10-12-22)19(24)20-13-14-3-4-14/h2,5-8,14-15H,1,3-4,9-13H2,(H,20,24)(H,21,23). The molecule has 1 aliphatic heterocycles.